The molecule has 0 unspecified atom stereocenters. The first-order chi connectivity index (χ1) is 15.0. The topological polar surface area (TPSA) is 74.4 Å². The van der Waals surface area contributed by atoms with Crippen molar-refractivity contribution in [3.05, 3.63) is 64.3 Å². The highest BCUT2D eigenvalue weighted by Gasteiger charge is 2.26. The van der Waals surface area contributed by atoms with Gasteiger partial charge in [-0.15, -0.1) is 0 Å². The molecule has 162 valence electrons. The van der Waals surface area contributed by atoms with Gasteiger partial charge >= 0.3 is 0 Å². The maximum atomic E-state index is 12.8. The monoisotopic (exact) mass is 483 g/mol. The number of benzene rings is 2. The summed E-state index contributed by atoms with van der Waals surface area (Å²) in [5, 5.41) is 4.04. The standard InChI is InChI=1S/C24H26BrN3O3/c1-31-22-7-6-19(25)13-18(22)15-26-23(29)12-16-8-10-28(11-9-16)24(30)21-14-17-4-2-3-5-20(17)27-21/h2-7,13-14,16,27H,8-12,15H2,1H3,(H,26,29). The molecule has 1 aliphatic rings. The average molecular weight is 484 g/mol. The molecule has 1 saturated heterocycles. The van der Waals surface area contributed by atoms with Crippen molar-refractivity contribution in [3.8, 4) is 5.75 Å². The van der Waals surface area contributed by atoms with E-state index in [2.05, 4.69) is 26.2 Å². The molecular formula is C24H26BrN3O3. The molecule has 0 radical (unpaired) electrons. The summed E-state index contributed by atoms with van der Waals surface area (Å²) in [5.41, 5.74) is 2.53. The molecule has 3 aromatic rings. The van der Waals surface area contributed by atoms with Crippen LogP contribution >= 0.6 is 15.9 Å². The van der Waals surface area contributed by atoms with Crippen molar-refractivity contribution in [3.63, 3.8) is 0 Å². The fraction of sp³-hybridized carbons (Fsp3) is 0.333. The second kappa shape index (κ2) is 9.56. The van der Waals surface area contributed by atoms with Crippen LogP contribution in [0.4, 0.5) is 0 Å². The second-order valence-corrected chi connectivity index (χ2v) is 8.86. The molecule has 0 spiro atoms. The number of hydrogen-bond acceptors (Lipinski definition) is 3. The first-order valence-electron chi connectivity index (χ1n) is 10.5. The molecule has 2 heterocycles. The largest absolute Gasteiger partial charge is 0.496 e. The highest BCUT2D eigenvalue weighted by molar-refractivity contribution is 9.10. The molecule has 2 aromatic carbocycles. The number of hydrogen-bond donors (Lipinski definition) is 2. The van der Waals surface area contributed by atoms with E-state index in [1.807, 2.05) is 53.4 Å². The van der Waals surface area contributed by atoms with Gasteiger partial charge in [0, 0.05) is 47.0 Å². The van der Waals surface area contributed by atoms with E-state index in [1.54, 1.807) is 7.11 Å². The Hall–Kier alpha value is -2.80. The van der Waals surface area contributed by atoms with E-state index < -0.39 is 0 Å². The van der Waals surface area contributed by atoms with E-state index in [-0.39, 0.29) is 17.7 Å². The smallest absolute Gasteiger partial charge is 0.270 e. The Kier molecular flexibility index (Phi) is 6.61. The lowest BCUT2D eigenvalue weighted by Crippen LogP contribution is -2.39. The van der Waals surface area contributed by atoms with Crippen LogP contribution in [-0.2, 0) is 11.3 Å². The van der Waals surface area contributed by atoms with E-state index >= 15 is 0 Å². The molecule has 31 heavy (non-hydrogen) atoms. The van der Waals surface area contributed by atoms with Crippen LogP contribution in [0.2, 0.25) is 0 Å². The van der Waals surface area contributed by atoms with Gasteiger partial charge in [-0.05, 0) is 49.1 Å². The number of halogens is 1. The number of fused-ring (bicyclic) bond motifs is 1. The molecule has 1 aromatic heterocycles. The van der Waals surface area contributed by atoms with Crippen LogP contribution in [0.15, 0.2) is 53.0 Å². The number of carbonyl (C=O) groups is 2. The number of aromatic nitrogens is 1. The lowest BCUT2D eigenvalue weighted by molar-refractivity contribution is -0.122. The second-order valence-electron chi connectivity index (χ2n) is 7.94. The van der Waals surface area contributed by atoms with Gasteiger partial charge in [0.25, 0.3) is 5.91 Å². The first kappa shape index (κ1) is 21.4. The number of likely N-dealkylation sites (tertiary alicyclic amines) is 1. The fourth-order valence-electron chi connectivity index (χ4n) is 4.11. The van der Waals surface area contributed by atoms with Gasteiger partial charge in [0.05, 0.1) is 7.11 Å². The summed E-state index contributed by atoms with van der Waals surface area (Å²) in [6, 6.07) is 15.5. The lowest BCUT2D eigenvalue weighted by atomic mass is 9.93. The van der Waals surface area contributed by atoms with Crippen LogP contribution in [0.1, 0.15) is 35.3 Å². The maximum absolute atomic E-state index is 12.8. The van der Waals surface area contributed by atoms with E-state index in [0.29, 0.717) is 31.7 Å². The quantitative estimate of drug-likeness (QED) is 0.541. The number of para-hydroxylation sites is 1. The minimum absolute atomic E-state index is 0.0286. The van der Waals surface area contributed by atoms with Crippen LogP contribution in [0.5, 0.6) is 5.75 Å². The van der Waals surface area contributed by atoms with Gasteiger partial charge in [0.2, 0.25) is 5.91 Å². The molecule has 1 aliphatic heterocycles. The Balaban J connectivity index is 1.26. The van der Waals surface area contributed by atoms with Crippen molar-refractivity contribution < 1.29 is 14.3 Å². The van der Waals surface area contributed by atoms with Crippen molar-refractivity contribution in [1.82, 2.24) is 15.2 Å². The molecule has 0 saturated carbocycles. The third-order valence-electron chi connectivity index (χ3n) is 5.85. The summed E-state index contributed by atoms with van der Waals surface area (Å²) < 4.78 is 6.31. The van der Waals surface area contributed by atoms with Crippen molar-refractivity contribution in [2.24, 2.45) is 5.92 Å². The Morgan fingerprint density at radius 1 is 1.16 bits per heavy atom. The number of H-pyrrole nitrogens is 1. The van der Waals surface area contributed by atoms with E-state index in [9.17, 15) is 9.59 Å². The molecule has 2 N–H and O–H groups in total. The Bertz CT molecular complexity index is 1050. The molecule has 2 amide bonds. The van der Waals surface area contributed by atoms with E-state index in [4.69, 9.17) is 4.74 Å². The molecule has 0 bridgehead atoms. The van der Waals surface area contributed by atoms with Gasteiger partial charge in [-0.1, -0.05) is 34.1 Å². The SMILES string of the molecule is COc1ccc(Br)cc1CNC(=O)CC1CCN(C(=O)c2cc3ccccc3[nH]2)CC1. The third kappa shape index (κ3) is 5.10. The highest BCUT2D eigenvalue weighted by Crippen LogP contribution is 2.25. The number of nitrogens with one attached hydrogen (secondary N) is 2. The average Bonchev–Trinajstić information content (AvgIpc) is 3.22. The van der Waals surface area contributed by atoms with Crippen molar-refractivity contribution in [2.45, 2.75) is 25.8 Å². The minimum atomic E-state index is 0.0286. The Morgan fingerprint density at radius 2 is 1.94 bits per heavy atom. The number of carbonyl (C=O) groups excluding carboxylic acids is 2. The zero-order valence-corrected chi connectivity index (χ0v) is 19.1. The summed E-state index contributed by atoms with van der Waals surface area (Å²) in [6.45, 7) is 1.77. The first-order valence-corrected chi connectivity index (χ1v) is 11.3. The number of rotatable bonds is 6. The molecule has 1 fully saturated rings. The van der Waals surface area contributed by atoms with Crippen LogP contribution in [0.25, 0.3) is 10.9 Å². The number of amides is 2. The number of ether oxygens (including phenoxy) is 1. The molecule has 7 heteroatoms. The Morgan fingerprint density at radius 3 is 2.68 bits per heavy atom. The highest BCUT2D eigenvalue weighted by atomic mass is 79.9. The van der Waals surface area contributed by atoms with Gasteiger partial charge in [-0.2, -0.15) is 0 Å². The lowest BCUT2D eigenvalue weighted by Gasteiger charge is -2.31. The summed E-state index contributed by atoms with van der Waals surface area (Å²) in [4.78, 5) is 30.4. The van der Waals surface area contributed by atoms with Gasteiger partial charge in [-0.3, -0.25) is 9.59 Å². The van der Waals surface area contributed by atoms with Crippen LogP contribution < -0.4 is 10.1 Å². The van der Waals surface area contributed by atoms with Gasteiger partial charge < -0.3 is 19.9 Å². The number of aromatic amines is 1. The minimum Gasteiger partial charge on any atom is -0.496 e. The van der Waals surface area contributed by atoms with Crippen molar-refractivity contribution in [1.29, 1.82) is 0 Å². The summed E-state index contributed by atoms with van der Waals surface area (Å²) in [5.74, 6) is 1.10. The summed E-state index contributed by atoms with van der Waals surface area (Å²) in [7, 11) is 1.62. The normalized spacial score (nSPS) is 14.6. The molecule has 0 atom stereocenters. The van der Waals surface area contributed by atoms with Gasteiger partial charge in [-0.25, -0.2) is 0 Å². The summed E-state index contributed by atoms with van der Waals surface area (Å²) in [6.07, 6.45) is 2.14. The fourth-order valence-corrected chi connectivity index (χ4v) is 4.52. The number of methoxy groups -OCH3 is 1. The van der Waals surface area contributed by atoms with E-state index in [1.165, 1.54) is 0 Å². The van der Waals surface area contributed by atoms with Crippen molar-refractivity contribution in [2.75, 3.05) is 20.2 Å². The Labute approximate surface area is 190 Å². The zero-order valence-electron chi connectivity index (χ0n) is 17.5. The summed E-state index contributed by atoms with van der Waals surface area (Å²) >= 11 is 3.45. The third-order valence-corrected chi connectivity index (χ3v) is 6.35. The van der Waals surface area contributed by atoms with Crippen molar-refractivity contribution >= 4 is 38.6 Å². The van der Waals surface area contributed by atoms with E-state index in [0.717, 1.165) is 39.5 Å². The predicted octanol–water partition coefficient (Wildman–Crippen LogP) is 4.50. The molecule has 4 rings (SSSR count). The van der Waals surface area contributed by atoms with Crippen LogP contribution in [0.3, 0.4) is 0 Å². The molecule has 0 aliphatic carbocycles. The number of nitrogens with zero attached hydrogens (tertiary/aromatic N) is 1. The molecule has 6 nitrogen and oxygen atoms in total. The predicted molar refractivity (Wildman–Crippen MR) is 124 cm³/mol. The van der Waals surface area contributed by atoms with Crippen LogP contribution in [-0.4, -0.2) is 41.9 Å². The zero-order chi connectivity index (χ0) is 21.8. The van der Waals surface area contributed by atoms with Gasteiger partial charge in [0.1, 0.15) is 11.4 Å². The van der Waals surface area contributed by atoms with Gasteiger partial charge in [0.15, 0.2) is 0 Å². The molecular weight excluding hydrogens is 458 g/mol. The van der Waals surface area contributed by atoms with Crippen LogP contribution in [0, 0.1) is 5.92 Å². The number of piperidine rings is 1. The maximum Gasteiger partial charge on any atom is 0.270 e.